The average Bonchev–Trinajstić information content (AvgIpc) is 3.04. The Balaban J connectivity index is 1.61. The van der Waals surface area contributed by atoms with E-state index in [1.807, 2.05) is 31.2 Å². The molecule has 0 atom stereocenters. The molecule has 1 N–H and O–H groups in total. The van der Waals surface area contributed by atoms with Gasteiger partial charge in [-0.2, -0.15) is 4.31 Å². The number of sulfonamides is 1. The Bertz CT molecular complexity index is 907. The number of thiazole rings is 1. The molecule has 0 unspecified atom stereocenters. The summed E-state index contributed by atoms with van der Waals surface area (Å²) in [5, 5.41) is 3.34. The molecular formula is C18H23N3O4S2. The SMILES string of the molecule is CCOc1ccc(CC(=O)Nc2nc3c(s2)CN(S(=O)(=O)CC)CC3)cc1. The number of nitrogens with zero attached hydrogens (tertiary/aromatic N) is 2. The van der Waals surface area contributed by atoms with E-state index in [2.05, 4.69) is 10.3 Å². The summed E-state index contributed by atoms with van der Waals surface area (Å²) in [4.78, 5) is 17.6. The summed E-state index contributed by atoms with van der Waals surface area (Å²) in [5.41, 5.74) is 1.76. The molecule has 0 spiro atoms. The maximum atomic E-state index is 12.3. The monoisotopic (exact) mass is 409 g/mol. The van der Waals surface area contributed by atoms with Gasteiger partial charge in [0.1, 0.15) is 5.75 Å². The van der Waals surface area contributed by atoms with Gasteiger partial charge in [-0.25, -0.2) is 13.4 Å². The third-order valence-electron chi connectivity index (χ3n) is 4.30. The second-order valence-corrected chi connectivity index (χ2v) is 9.52. The summed E-state index contributed by atoms with van der Waals surface area (Å²) in [6, 6.07) is 7.42. The van der Waals surface area contributed by atoms with Crippen LogP contribution in [0.2, 0.25) is 0 Å². The molecule has 0 saturated carbocycles. The number of hydrogen-bond acceptors (Lipinski definition) is 6. The zero-order chi connectivity index (χ0) is 19.4. The molecule has 27 heavy (non-hydrogen) atoms. The molecule has 1 aromatic heterocycles. The van der Waals surface area contributed by atoms with Crippen molar-refractivity contribution in [2.24, 2.45) is 0 Å². The number of carbonyl (C=O) groups is 1. The molecule has 0 fully saturated rings. The van der Waals surface area contributed by atoms with E-state index >= 15 is 0 Å². The lowest BCUT2D eigenvalue weighted by Crippen LogP contribution is -2.36. The van der Waals surface area contributed by atoms with Crippen LogP contribution >= 0.6 is 11.3 Å². The van der Waals surface area contributed by atoms with E-state index in [9.17, 15) is 13.2 Å². The molecule has 2 aromatic rings. The highest BCUT2D eigenvalue weighted by Gasteiger charge is 2.28. The van der Waals surface area contributed by atoms with E-state index < -0.39 is 10.0 Å². The number of ether oxygens (including phenoxy) is 1. The Morgan fingerprint density at radius 2 is 2.04 bits per heavy atom. The molecule has 9 heteroatoms. The van der Waals surface area contributed by atoms with Crippen molar-refractivity contribution in [3.05, 3.63) is 40.4 Å². The normalized spacial score (nSPS) is 14.6. The predicted octanol–water partition coefficient (Wildman–Crippen LogP) is 2.43. The van der Waals surface area contributed by atoms with Crippen LogP contribution in [0.4, 0.5) is 5.13 Å². The highest BCUT2D eigenvalue weighted by Crippen LogP contribution is 2.29. The third kappa shape index (κ3) is 4.85. The Labute approximate surface area is 163 Å². The van der Waals surface area contributed by atoms with Crippen LogP contribution in [-0.4, -0.2) is 42.5 Å². The molecule has 0 radical (unpaired) electrons. The van der Waals surface area contributed by atoms with E-state index in [0.29, 0.717) is 31.2 Å². The molecule has 1 aliphatic heterocycles. The van der Waals surface area contributed by atoms with Gasteiger partial charge in [-0.05, 0) is 31.5 Å². The van der Waals surface area contributed by atoms with Gasteiger partial charge in [-0.3, -0.25) is 4.79 Å². The molecule has 0 aliphatic carbocycles. The molecule has 7 nitrogen and oxygen atoms in total. The van der Waals surface area contributed by atoms with Crippen LogP contribution in [0.3, 0.4) is 0 Å². The summed E-state index contributed by atoms with van der Waals surface area (Å²) in [6.45, 7) is 4.94. The zero-order valence-corrected chi connectivity index (χ0v) is 17.0. The maximum absolute atomic E-state index is 12.3. The average molecular weight is 410 g/mol. The van der Waals surface area contributed by atoms with Crippen LogP contribution in [0, 0.1) is 0 Å². The number of nitrogens with one attached hydrogen (secondary N) is 1. The van der Waals surface area contributed by atoms with E-state index in [1.165, 1.54) is 15.6 Å². The van der Waals surface area contributed by atoms with Crippen molar-refractivity contribution < 1.29 is 17.9 Å². The molecule has 1 aliphatic rings. The highest BCUT2D eigenvalue weighted by molar-refractivity contribution is 7.89. The van der Waals surface area contributed by atoms with E-state index in [0.717, 1.165) is 21.9 Å². The maximum Gasteiger partial charge on any atom is 0.230 e. The Morgan fingerprint density at radius 1 is 1.30 bits per heavy atom. The van der Waals surface area contributed by atoms with Crippen LogP contribution in [0.1, 0.15) is 30.0 Å². The smallest absolute Gasteiger partial charge is 0.230 e. The fraction of sp³-hybridized carbons (Fsp3) is 0.444. The third-order valence-corrected chi connectivity index (χ3v) is 7.13. The van der Waals surface area contributed by atoms with Crippen molar-refractivity contribution in [1.82, 2.24) is 9.29 Å². The van der Waals surface area contributed by atoms with E-state index in [-0.39, 0.29) is 18.1 Å². The Morgan fingerprint density at radius 3 is 2.70 bits per heavy atom. The van der Waals surface area contributed by atoms with Crippen LogP contribution in [0.15, 0.2) is 24.3 Å². The molecule has 0 saturated heterocycles. The first-order valence-electron chi connectivity index (χ1n) is 8.89. The van der Waals surface area contributed by atoms with Crippen molar-refractivity contribution in [1.29, 1.82) is 0 Å². The predicted molar refractivity (Wildman–Crippen MR) is 106 cm³/mol. The first kappa shape index (κ1) is 19.8. The number of rotatable bonds is 7. The van der Waals surface area contributed by atoms with Crippen molar-refractivity contribution in [3.63, 3.8) is 0 Å². The molecule has 2 heterocycles. The number of carbonyl (C=O) groups excluding carboxylic acids is 1. The number of hydrogen-bond donors (Lipinski definition) is 1. The minimum atomic E-state index is -3.21. The lowest BCUT2D eigenvalue weighted by atomic mass is 10.1. The molecule has 1 amide bonds. The van der Waals surface area contributed by atoms with Crippen LogP contribution < -0.4 is 10.1 Å². The number of benzene rings is 1. The first-order chi connectivity index (χ1) is 12.9. The van der Waals surface area contributed by atoms with Crippen molar-refractivity contribution in [2.75, 3.05) is 24.2 Å². The minimum absolute atomic E-state index is 0.0901. The van der Waals surface area contributed by atoms with Gasteiger partial charge < -0.3 is 10.1 Å². The Hall–Kier alpha value is -1.97. The van der Waals surface area contributed by atoms with Crippen LogP contribution in [0.25, 0.3) is 0 Å². The summed E-state index contributed by atoms with van der Waals surface area (Å²) in [5.74, 6) is 0.719. The van der Waals surface area contributed by atoms with Gasteiger partial charge in [-0.15, -0.1) is 11.3 Å². The lowest BCUT2D eigenvalue weighted by molar-refractivity contribution is -0.115. The van der Waals surface area contributed by atoms with Gasteiger partial charge in [-0.1, -0.05) is 12.1 Å². The van der Waals surface area contributed by atoms with Gasteiger partial charge in [0.2, 0.25) is 15.9 Å². The van der Waals surface area contributed by atoms with Crippen molar-refractivity contribution in [2.45, 2.75) is 33.2 Å². The summed E-state index contributed by atoms with van der Waals surface area (Å²) in [6.07, 6.45) is 0.812. The van der Waals surface area contributed by atoms with E-state index in [4.69, 9.17) is 4.74 Å². The van der Waals surface area contributed by atoms with Crippen LogP contribution in [0.5, 0.6) is 5.75 Å². The number of aromatic nitrogens is 1. The largest absolute Gasteiger partial charge is 0.494 e. The quantitative estimate of drug-likeness (QED) is 0.759. The minimum Gasteiger partial charge on any atom is -0.494 e. The summed E-state index contributed by atoms with van der Waals surface area (Å²) >= 11 is 1.34. The lowest BCUT2D eigenvalue weighted by Gasteiger charge is -2.24. The topological polar surface area (TPSA) is 88.6 Å². The summed E-state index contributed by atoms with van der Waals surface area (Å²) in [7, 11) is -3.21. The first-order valence-corrected chi connectivity index (χ1v) is 11.3. The zero-order valence-electron chi connectivity index (χ0n) is 15.4. The number of amides is 1. The van der Waals surface area contributed by atoms with Crippen molar-refractivity contribution in [3.8, 4) is 5.75 Å². The van der Waals surface area contributed by atoms with Gasteiger partial charge in [0.25, 0.3) is 0 Å². The second-order valence-electron chi connectivity index (χ2n) is 6.17. The van der Waals surface area contributed by atoms with Crippen LogP contribution in [-0.2, 0) is 34.2 Å². The van der Waals surface area contributed by atoms with Gasteiger partial charge >= 0.3 is 0 Å². The molecule has 0 bridgehead atoms. The van der Waals surface area contributed by atoms with Gasteiger partial charge in [0.05, 0.1) is 24.5 Å². The fourth-order valence-corrected chi connectivity index (χ4v) is 5.05. The van der Waals surface area contributed by atoms with E-state index in [1.54, 1.807) is 6.92 Å². The number of fused-ring (bicyclic) bond motifs is 1. The van der Waals surface area contributed by atoms with Gasteiger partial charge in [0, 0.05) is 24.4 Å². The molecule has 3 rings (SSSR count). The Kier molecular flexibility index (Phi) is 6.13. The molecular weight excluding hydrogens is 386 g/mol. The molecule has 146 valence electrons. The molecule has 1 aromatic carbocycles. The fourth-order valence-electron chi connectivity index (χ4n) is 2.86. The standard InChI is InChI=1S/C18H23N3O4S2/c1-3-25-14-7-5-13(6-8-14)11-17(22)20-18-19-15-9-10-21(12-16(15)26-18)27(23,24)4-2/h5-8H,3-4,9-12H2,1-2H3,(H,19,20,22). The second kappa shape index (κ2) is 8.37. The summed E-state index contributed by atoms with van der Waals surface area (Å²) < 4.78 is 31.0. The van der Waals surface area contributed by atoms with Gasteiger partial charge in [0.15, 0.2) is 5.13 Å². The highest BCUT2D eigenvalue weighted by atomic mass is 32.2. The number of anilines is 1. The van der Waals surface area contributed by atoms with Crippen molar-refractivity contribution >= 4 is 32.4 Å².